The Bertz CT molecular complexity index is 1060. The van der Waals surface area contributed by atoms with Crippen LogP contribution < -0.4 is 16.6 Å². The number of rotatable bonds is 5. The van der Waals surface area contributed by atoms with E-state index in [9.17, 15) is 26.4 Å². The number of sulfone groups is 1. The monoisotopic (exact) mass is 469 g/mol. The molecule has 158 valence electrons. The van der Waals surface area contributed by atoms with Crippen molar-refractivity contribution in [3.8, 4) is 0 Å². The van der Waals surface area contributed by atoms with Crippen molar-refractivity contribution < 1.29 is 26.4 Å². The number of nitrogen functional groups attached to an aromatic ring is 1. The molecular formula is C17H16Cl2F3N3O3S. The number of benzene rings is 2. The summed E-state index contributed by atoms with van der Waals surface area (Å²) in [6, 6.07) is 5.00. The number of carbonyl (C=O) groups is 1. The van der Waals surface area contributed by atoms with E-state index < -0.39 is 43.3 Å². The summed E-state index contributed by atoms with van der Waals surface area (Å²) >= 11 is 11.6. The number of carbonyl (C=O) groups excluding carboxylic acids is 1. The fourth-order valence-corrected chi connectivity index (χ4v) is 3.84. The average molecular weight is 470 g/mol. The van der Waals surface area contributed by atoms with E-state index in [-0.39, 0.29) is 21.3 Å². The van der Waals surface area contributed by atoms with Crippen molar-refractivity contribution in [1.29, 1.82) is 0 Å². The maximum atomic E-state index is 13.0. The van der Waals surface area contributed by atoms with Crippen molar-refractivity contribution in [1.82, 2.24) is 5.43 Å². The van der Waals surface area contributed by atoms with Crippen LogP contribution >= 0.6 is 23.2 Å². The fraction of sp³-hybridized carbons (Fsp3) is 0.235. The van der Waals surface area contributed by atoms with Gasteiger partial charge in [0, 0.05) is 5.02 Å². The minimum absolute atomic E-state index is 0.0591. The Morgan fingerprint density at radius 2 is 1.76 bits per heavy atom. The highest BCUT2D eigenvalue weighted by molar-refractivity contribution is 7.92. The number of alkyl halides is 3. The predicted molar refractivity (Wildman–Crippen MR) is 106 cm³/mol. The topological polar surface area (TPSA) is 101 Å². The first kappa shape index (κ1) is 23.1. The van der Waals surface area contributed by atoms with Crippen LogP contribution in [0, 0.1) is 0 Å². The summed E-state index contributed by atoms with van der Waals surface area (Å²) in [5, 5.41) is -1.04. The third-order valence-corrected chi connectivity index (χ3v) is 6.64. The lowest BCUT2D eigenvalue weighted by Crippen LogP contribution is -2.31. The summed E-state index contributed by atoms with van der Waals surface area (Å²) in [6.07, 6.45) is -4.74. The standard InChI is InChI=1S/C17H16Cl2F3N3O3S/c1-8(2)29(27,28)14-4-3-10(18)7-13(14)24-25-16(26)11-5-9(17(20,21)22)6-12(19)15(11)23/h3-8,24H,23H2,1-2H3,(H,25,26). The normalized spacial score (nSPS) is 12.1. The quantitative estimate of drug-likeness (QED) is 0.440. The van der Waals surface area contributed by atoms with Crippen molar-refractivity contribution in [2.45, 2.75) is 30.2 Å². The van der Waals surface area contributed by atoms with Crippen LogP contribution in [0.3, 0.4) is 0 Å². The minimum atomic E-state index is -4.74. The molecule has 0 aliphatic carbocycles. The maximum Gasteiger partial charge on any atom is 0.416 e. The average Bonchev–Trinajstić information content (AvgIpc) is 2.60. The molecule has 1 amide bonds. The van der Waals surface area contributed by atoms with E-state index in [1.54, 1.807) is 0 Å². The van der Waals surface area contributed by atoms with Gasteiger partial charge in [0.05, 0.1) is 37.7 Å². The Morgan fingerprint density at radius 1 is 1.14 bits per heavy atom. The number of nitrogens with one attached hydrogen (secondary N) is 2. The molecule has 0 heterocycles. The van der Waals surface area contributed by atoms with E-state index in [4.69, 9.17) is 28.9 Å². The summed E-state index contributed by atoms with van der Waals surface area (Å²) in [5.41, 5.74) is 8.01. The second-order valence-electron chi connectivity index (χ2n) is 6.23. The smallest absolute Gasteiger partial charge is 0.397 e. The first-order chi connectivity index (χ1) is 13.2. The highest BCUT2D eigenvalue weighted by atomic mass is 35.5. The van der Waals surface area contributed by atoms with E-state index in [1.165, 1.54) is 32.0 Å². The lowest BCUT2D eigenvalue weighted by atomic mass is 10.1. The molecule has 0 spiro atoms. The Hall–Kier alpha value is -2.17. The van der Waals surface area contributed by atoms with Crippen molar-refractivity contribution in [3.63, 3.8) is 0 Å². The lowest BCUT2D eigenvalue weighted by Gasteiger charge is -2.17. The first-order valence-electron chi connectivity index (χ1n) is 8.01. The highest BCUT2D eigenvalue weighted by Gasteiger charge is 2.33. The zero-order valence-corrected chi connectivity index (χ0v) is 17.4. The fourth-order valence-electron chi connectivity index (χ4n) is 2.26. The van der Waals surface area contributed by atoms with Crippen LogP contribution in [-0.2, 0) is 16.0 Å². The van der Waals surface area contributed by atoms with Gasteiger partial charge >= 0.3 is 6.18 Å². The van der Waals surface area contributed by atoms with E-state index in [1.807, 2.05) is 0 Å². The van der Waals surface area contributed by atoms with Gasteiger partial charge in [0.2, 0.25) is 0 Å². The second-order valence-corrected chi connectivity index (χ2v) is 9.55. The number of hydrogen-bond acceptors (Lipinski definition) is 5. The second kappa shape index (κ2) is 8.29. The Kier molecular flexibility index (Phi) is 6.61. The molecule has 0 saturated heterocycles. The van der Waals surface area contributed by atoms with Gasteiger partial charge in [0.15, 0.2) is 9.84 Å². The van der Waals surface area contributed by atoms with Crippen LogP contribution in [0.2, 0.25) is 10.0 Å². The predicted octanol–water partition coefficient (Wildman–Crippen LogP) is 4.53. The SMILES string of the molecule is CC(C)S(=O)(=O)c1ccc(Cl)cc1NNC(=O)c1cc(C(F)(F)F)cc(Cl)c1N. The van der Waals surface area contributed by atoms with Crippen LogP contribution in [0.25, 0.3) is 0 Å². The first-order valence-corrected chi connectivity index (χ1v) is 10.3. The van der Waals surface area contributed by atoms with E-state index in [2.05, 4.69) is 10.9 Å². The van der Waals surface area contributed by atoms with Crippen LogP contribution in [0.5, 0.6) is 0 Å². The molecule has 0 unspecified atom stereocenters. The van der Waals surface area contributed by atoms with Crippen LogP contribution in [0.15, 0.2) is 35.2 Å². The third-order valence-electron chi connectivity index (χ3n) is 3.88. The molecule has 2 rings (SSSR count). The van der Waals surface area contributed by atoms with Gasteiger partial charge in [0.1, 0.15) is 0 Å². The van der Waals surface area contributed by atoms with Crippen molar-refractivity contribution in [2.24, 2.45) is 0 Å². The number of amides is 1. The molecule has 0 aliphatic heterocycles. The number of anilines is 2. The molecule has 0 radical (unpaired) electrons. The van der Waals surface area contributed by atoms with Gasteiger partial charge in [-0.2, -0.15) is 13.2 Å². The molecular weight excluding hydrogens is 454 g/mol. The van der Waals surface area contributed by atoms with Gasteiger partial charge in [0.25, 0.3) is 5.91 Å². The minimum Gasteiger partial charge on any atom is -0.397 e. The summed E-state index contributed by atoms with van der Waals surface area (Å²) < 4.78 is 63.9. The Morgan fingerprint density at radius 3 is 2.31 bits per heavy atom. The van der Waals surface area contributed by atoms with Crippen molar-refractivity contribution in [2.75, 3.05) is 11.2 Å². The van der Waals surface area contributed by atoms with Gasteiger partial charge in [-0.15, -0.1) is 0 Å². The molecule has 0 aliphatic rings. The molecule has 0 bridgehead atoms. The molecule has 0 saturated carbocycles. The molecule has 2 aromatic carbocycles. The van der Waals surface area contributed by atoms with Crippen molar-refractivity contribution in [3.05, 3.63) is 51.5 Å². The van der Waals surface area contributed by atoms with E-state index in [0.717, 1.165) is 0 Å². The van der Waals surface area contributed by atoms with Gasteiger partial charge in [-0.25, -0.2) is 8.42 Å². The van der Waals surface area contributed by atoms with Gasteiger partial charge in [-0.3, -0.25) is 15.6 Å². The molecule has 0 aromatic heterocycles. The maximum absolute atomic E-state index is 13.0. The van der Waals surface area contributed by atoms with Gasteiger partial charge in [-0.1, -0.05) is 23.2 Å². The Labute approximate surface area is 175 Å². The molecule has 12 heteroatoms. The summed E-state index contributed by atoms with van der Waals surface area (Å²) in [7, 11) is -3.74. The lowest BCUT2D eigenvalue weighted by molar-refractivity contribution is -0.137. The molecule has 4 N–H and O–H groups in total. The van der Waals surface area contributed by atoms with Crippen LogP contribution in [-0.4, -0.2) is 19.6 Å². The Balaban J connectivity index is 2.38. The number of nitrogens with two attached hydrogens (primary N) is 1. The number of hydrazine groups is 1. The van der Waals surface area contributed by atoms with Crippen LogP contribution in [0.1, 0.15) is 29.8 Å². The molecule has 0 fully saturated rings. The number of hydrogen-bond donors (Lipinski definition) is 3. The van der Waals surface area contributed by atoms with Crippen molar-refractivity contribution >= 4 is 50.3 Å². The van der Waals surface area contributed by atoms with E-state index in [0.29, 0.717) is 12.1 Å². The third kappa shape index (κ3) is 5.06. The van der Waals surface area contributed by atoms with Gasteiger partial charge < -0.3 is 5.73 Å². The summed E-state index contributed by atoms with van der Waals surface area (Å²) in [6.45, 7) is 2.94. The molecule has 0 atom stereocenters. The van der Waals surface area contributed by atoms with Gasteiger partial charge in [-0.05, 0) is 44.2 Å². The highest BCUT2D eigenvalue weighted by Crippen LogP contribution is 2.35. The summed E-state index contributed by atoms with van der Waals surface area (Å²) in [4.78, 5) is 12.2. The number of halogens is 5. The zero-order valence-electron chi connectivity index (χ0n) is 15.1. The molecule has 6 nitrogen and oxygen atoms in total. The zero-order chi connectivity index (χ0) is 22.1. The largest absolute Gasteiger partial charge is 0.416 e. The molecule has 29 heavy (non-hydrogen) atoms. The van der Waals surface area contributed by atoms with E-state index >= 15 is 0 Å². The summed E-state index contributed by atoms with van der Waals surface area (Å²) in [5.74, 6) is -1.05. The molecule has 2 aromatic rings. The van der Waals surface area contributed by atoms with Crippen LogP contribution in [0.4, 0.5) is 24.5 Å².